The molecule has 10 heteroatoms. The van der Waals surface area contributed by atoms with Crippen LogP contribution in [0.3, 0.4) is 0 Å². The largest absolute Gasteiger partial charge is 0.378 e. The van der Waals surface area contributed by atoms with Gasteiger partial charge in [0.05, 0.1) is 36.2 Å². The molecule has 0 radical (unpaired) electrons. The Kier molecular flexibility index (Phi) is 6.33. The number of anilines is 1. The summed E-state index contributed by atoms with van der Waals surface area (Å²) in [6.45, 7) is 7.13. The molecule has 5 rings (SSSR count). The molecule has 2 fully saturated rings. The second kappa shape index (κ2) is 9.40. The molecule has 4 heterocycles. The Bertz CT molecular complexity index is 1070. The van der Waals surface area contributed by atoms with Crippen LogP contribution in [0.25, 0.3) is 0 Å². The first kappa shape index (κ1) is 22.9. The van der Waals surface area contributed by atoms with E-state index in [1.54, 1.807) is 10.9 Å². The Balaban J connectivity index is 1.33. The highest BCUT2D eigenvalue weighted by molar-refractivity contribution is 6.21. The van der Waals surface area contributed by atoms with E-state index in [2.05, 4.69) is 39.1 Å². The fourth-order valence-corrected chi connectivity index (χ4v) is 5.08. The fraction of sp³-hybridized carbons (Fsp3) is 0.583. The summed E-state index contributed by atoms with van der Waals surface area (Å²) in [7, 11) is 0. The minimum atomic E-state index is -2.79. The number of alkyl halides is 2. The lowest BCUT2D eigenvalue weighted by molar-refractivity contribution is -0.112. The number of ether oxygens (including phenoxy) is 1. The van der Waals surface area contributed by atoms with Gasteiger partial charge in [-0.25, -0.2) is 13.8 Å². The van der Waals surface area contributed by atoms with Crippen LogP contribution in [-0.4, -0.2) is 58.9 Å². The van der Waals surface area contributed by atoms with E-state index in [9.17, 15) is 13.6 Å². The molecule has 0 aromatic carbocycles. The summed E-state index contributed by atoms with van der Waals surface area (Å²) < 4.78 is 34.5. The summed E-state index contributed by atoms with van der Waals surface area (Å²) in [5.41, 5.74) is 0.982. The smallest absolute Gasteiger partial charge is 0.284 e. The third-order valence-corrected chi connectivity index (χ3v) is 7.18. The van der Waals surface area contributed by atoms with Crippen molar-refractivity contribution in [2.75, 3.05) is 31.6 Å². The molecule has 182 valence electrons. The SMILES string of the molecule is CC(C)C1CCC(n2cc(NC(=O)C3=C4N=C(N5CCOCC5)C=C4N=C3)c(C(F)F)n2)CC1. The minimum absolute atomic E-state index is 0.0419. The van der Waals surface area contributed by atoms with E-state index in [-0.39, 0.29) is 17.3 Å². The van der Waals surface area contributed by atoms with E-state index in [4.69, 9.17) is 4.74 Å². The molecule has 0 spiro atoms. The predicted molar refractivity (Wildman–Crippen MR) is 125 cm³/mol. The molecule has 1 saturated heterocycles. The van der Waals surface area contributed by atoms with E-state index >= 15 is 0 Å². The van der Waals surface area contributed by atoms with Gasteiger partial charge in [0.1, 0.15) is 11.5 Å². The minimum Gasteiger partial charge on any atom is -0.378 e. The number of aromatic nitrogens is 2. The van der Waals surface area contributed by atoms with Gasteiger partial charge >= 0.3 is 0 Å². The Labute approximate surface area is 197 Å². The highest BCUT2D eigenvalue weighted by Gasteiger charge is 2.31. The molecule has 0 bridgehead atoms. The lowest BCUT2D eigenvalue weighted by atomic mass is 9.80. The van der Waals surface area contributed by atoms with Crippen LogP contribution in [0, 0.1) is 11.8 Å². The normalized spacial score (nSPS) is 24.7. The summed E-state index contributed by atoms with van der Waals surface area (Å²) in [6, 6.07) is 0.0678. The van der Waals surface area contributed by atoms with Gasteiger partial charge < -0.3 is 15.0 Å². The zero-order valence-electron chi connectivity index (χ0n) is 19.5. The van der Waals surface area contributed by atoms with Crippen molar-refractivity contribution in [3.63, 3.8) is 0 Å². The topological polar surface area (TPSA) is 84.1 Å². The summed E-state index contributed by atoms with van der Waals surface area (Å²) in [5, 5.41) is 6.81. The van der Waals surface area contributed by atoms with Crippen LogP contribution in [0.2, 0.25) is 0 Å². The van der Waals surface area contributed by atoms with Gasteiger partial charge in [0, 0.05) is 31.6 Å². The van der Waals surface area contributed by atoms with Gasteiger partial charge in [-0.2, -0.15) is 5.10 Å². The Morgan fingerprint density at radius 1 is 1.18 bits per heavy atom. The van der Waals surface area contributed by atoms with Crippen LogP contribution in [0.15, 0.2) is 39.2 Å². The van der Waals surface area contributed by atoms with Crippen molar-refractivity contribution in [2.45, 2.75) is 52.0 Å². The van der Waals surface area contributed by atoms with E-state index in [0.29, 0.717) is 36.4 Å². The van der Waals surface area contributed by atoms with Crippen molar-refractivity contribution >= 4 is 23.6 Å². The van der Waals surface area contributed by atoms with Gasteiger partial charge in [0.25, 0.3) is 12.3 Å². The number of morpholine rings is 1. The first-order valence-electron chi connectivity index (χ1n) is 12.0. The number of amidine groups is 1. The third kappa shape index (κ3) is 4.43. The third-order valence-electron chi connectivity index (χ3n) is 7.18. The highest BCUT2D eigenvalue weighted by atomic mass is 19.3. The number of halogens is 2. The summed E-state index contributed by atoms with van der Waals surface area (Å²) in [5.74, 6) is 1.51. The molecule has 1 saturated carbocycles. The zero-order valence-corrected chi connectivity index (χ0v) is 19.5. The molecule has 1 aromatic rings. The number of amides is 1. The van der Waals surface area contributed by atoms with Crippen molar-refractivity contribution in [1.82, 2.24) is 14.7 Å². The maximum absolute atomic E-state index is 13.8. The molecule has 0 atom stereocenters. The van der Waals surface area contributed by atoms with Crippen LogP contribution in [0.1, 0.15) is 57.7 Å². The Morgan fingerprint density at radius 2 is 1.91 bits per heavy atom. The summed E-state index contributed by atoms with van der Waals surface area (Å²) in [4.78, 5) is 24.0. The van der Waals surface area contributed by atoms with Crippen molar-refractivity contribution in [2.24, 2.45) is 21.8 Å². The second-order valence-corrected chi connectivity index (χ2v) is 9.59. The summed E-state index contributed by atoms with van der Waals surface area (Å²) in [6.07, 6.45) is 5.95. The number of fused-ring (bicyclic) bond motifs is 1. The molecule has 0 unspecified atom stereocenters. The fourth-order valence-electron chi connectivity index (χ4n) is 5.08. The number of rotatable bonds is 5. The molecule has 1 aromatic heterocycles. The molecule has 1 amide bonds. The van der Waals surface area contributed by atoms with Gasteiger partial charge in [0.15, 0.2) is 5.69 Å². The number of carbonyl (C=O) groups is 1. The van der Waals surface area contributed by atoms with Gasteiger partial charge in [-0.15, -0.1) is 0 Å². The van der Waals surface area contributed by atoms with Crippen molar-refractivity contribution < 1.29 is 18.3 Å². The number of hydrogen-bond donors (Lipinski definition) is 1. The van der Waals surface area contributed by atoms with Crippen LogP contribution in [0.4, 0.5) is 14.5 Å². The first-order valence-corrected chi connectivity index (χ1v) is 12.0. The standard InChI is InChI=1S/C24H30F2N6O2/c1-14(2)15-3-5-16(6-4-15)32-13-19(22(30-32)23(25)26)28-24(33)17-12-27-18-11-20(29-21(17)18)31-7-9-34-10-8-31/h11-16,23H,3-10H2,1-2H3,(H,28,33). The number of aliphatic imine (C=N–C) groups is 2. The summed E-state index contributed by atoms with van der Waals surface area (Å²) >= 11 is 0. The molecular weight excluding hydrogens is 442 g/mol. The molecule has 34 heavy (non-hydrogen) atoms. The van der Waals surface area contributed by atoms with E-state index in [0.717, 1.165) is 44.6 Å². The van der Waals surface area contributed by atoms with E-state index in [1.807, 2.05) is 6.08 Å². The molecule has 4 aliphatic rings. The van der Waals surface area contributed by atoms with Crippen LogP contribution >= 0.6 is 0 Å². The van der Waals surface area contributed by atoms with E-state index in [1.165, 1.54) is 6.21 Å². The molecule has 1 aliphatic carbocycles. The molecule has 3 aliphatic heterocycles. The van der Waals surface area contributed by atoms with Crippen molar-refractivity contribution in [3.8, 4) is 0 Å². The van der Waals surface area contributed by atoms with Gasteiger partial charge in [-0.1, -0.05) is 13.8 Å². The average Bonchev–Trinajstić information content (AvgIpc) is 3.54. The van der Waals surface area contributed by atoms with Gasteiger partial charge in [-0.3, -0.25) is 14.5 Å². The van der Waals surface area contributed by atoms with E-state index < -0.39 is 18.0 Å². The molecule has 8 nitrogen and oxygen atoms in total. The average molecular weight is 473 g/mol. The Hall–Kier alpha value is -2.88. The number of nitrogens with one attached hydrogen (secondary N) is 1. The lowest BCUT2D eigenvalue weighted by Crippen LogP contribution is -2.39. The van der Waals surface area contributed by atoms with Crippen molar-refractivity contribution in [3.05, 3.63) is 34.9 Å². The number of carbonyl (C=O) groups excluding carboxylic acids is 1. The van der Waals surface area contributed by atoms with Crippen molar-refractivity contribution in [1.29, 1.82) is 0 Å². The van der Waals surface area contributed by atoms with Gasteiger partial charge in [0.2, 0.25) is 0 Å². The molecular formula is C24H30F2N6O2. The Morgan fingerprint density at radius 3 is 2.59 bits per heavy atom. The molecule has 1 N–H and O–H groups in total. The van der Waals surface area contributed by atoms with Gasteiger partial charge in [-0.05, 0) is 37.5 Å². The van der Waals surface area contributed by atoms with Crippen LogP contribution < -0.4 is 5.32 Å². The van der Waals surface area contributed by atoms with Crippen LogP contribution in [0.5, 0.6) is 0 Å². The first-order chi connectivity index (χ1) is 16.4. The number of hydrogen-bond acceptors (Lipinski definition) is 6. The highest BCUT2D eigenvalue weighted by Crippen LogP contribution is 2.37. The maximum Gasteiger partial charge on any atom is 0.284 e. The number of nitrogens with zero attached hydrogens (tertiary/aromatic N) is 5. The lowest BCUT2D eigenvalue weighted by Gasteiger charge is -2.30. The maximum atomic E-state index is 13.8. The van der Waals surface area contributed by atoms with Crippen LogP contribution in [-0.2, 0) is 9.53 Å². The zero-order chi connectivity index (χ0) is 23.8. The monoisotopic (exact) mass is 472 g/mol. The quantitative estimate of drug-likeness (QED) is 0.699. The second-order valence-electron chi connectivity index (χ2n) is 9.59. The predicted octanol–water partition coefficient (Wildman–Crippen LogP) is 4.11.